The van der Waals surface area contributed by atoms with Gasteiger partial charge < -0.3 is 9.47 Å². The maximum atomic E-state index is 12.6. The van der Waals surface area contributed by atoms with Crippen molar-refractivity contribution in [2.75, 3.05) is 26.6 Å². The minimum absolute atomic E-state index is 0.0129. The molecule has 0 aliphatic heterocycles. The number of halogens is 2. The van der Waals surface area contributed by atoms with E-state index in [0.29, 0.717) is 11.5 Å². The molecule has 5 heteroatoms. The standard InChI is InChI=1S/C22H36F2O2Si/c1-2-3-4-6-18-9-11-19(12-10-18)17-27-21-8-5-7-20(25-15-13-23)22(21)26-16-14-24/h5,7-8,18-19H,2-4,6,9-17,27H2,1H3. The van der Waals surface area contributed by atoms with Crippen molar-refractivity contribution in [1.82, 2.24) is 0 Å². The molecule has 0 saturated heterocycles. The Morgan fingerprint density at radius 3 is 2.37 bits per heavy atom. The summed E-state index contributed by atoms with van der Waals surface area (Å²) in [5, 5.41) is 1.19. The first-order valence-corrected chi connectivity index (χ1v) is 12.5. The van der Waals surface area contributed by atoms with Gasteiger partial charge in [0.2, 0.25) is 0 Å². The van der Waals surface area contributed by atoms with Crippen molar-refractivity contribution in [3.63, 3.8) is 0 Å². The second-order valence-electron chi connectivity index (χ2n) is 7.74. The van der Waals surface area contributed by atoms with Gasteiger partial charge in [-0.05, 0) is 23.1 Å². The van der Waals surface area contributed by atoms with E-state index in [2.05, 4.69) is 13.0 Å². The molecule has 0 aromatic heterocycles. The number of ether oxygens (including phenoxy) is 2. The SMILES string of the molecule is CCCCCC1CCC(C[SiH2]c2cccc(OCCF)c2OCCF)CC1. The van der Waals surface area contributed by atoms with E-state index in [9.17, 15) is 8.78 Å². The summed E-state index contributed by atoms with van der Waals surface area (Å²) in [6.45, 7) is 1.25. The Balaban J connectivity index is 1.85. The molecule has 1 aliphatic rings. The van der Waals surface area contributed by atoms with Crippen LogP contribution in [0.2, 0.25) is 6.04 Å². The summed E-state index contributed by atoms with van der Waals surface area (Å²) in [5.41, 5.74) is 0. The number of benzene rings is 1. The molecule has 27 heavy (non-hydrogen) atoms. The minimum Gasteiger partial charge on any atom is -0.487 e. The van der Waals surface area contributed by atoms with Crippen LogP contribution in [-0.4, -0.2) is 36.1 Å². The highest BCUT2D eigenvalue weighted by atomic mass is 28.2. The molecule has 154 valence electrons. The van der Waals surface area contributed by atoms with Crippen molar-refractivity contribution in [2.24, 2.45) is 11.8 Å². The predicted molar refractivity (Wildman–Crippen MR) is 112 cm³/mol. The minimum atomic E-state index is -0.536. The first kappa shape index (κ1) is 22.2. The van der Waals surface area contributed by atoms with E-state index >= 15 is 0 Å². The second kappa shape index (κ2) is 13.1. The van der Waals surface area contributed by atoms with E-state index in [0.717, 1.165) is 11.8 Å². The van der Waals surface area contributed by atoms with Gasteiger partial charge in [-0.1, -0.05) is 76.5 Å². The van der Waals surface area contributed by atoms with Crippen molar-refractivity contribution in [3.05, 3.63) is 18.2 Å². The summed E-state index contributed by atoms with van der Waals surface area (Å²) in [7, 11) is -0.516. The molecular formula is C22H36F2O2Si. The number of hydrogen-bond donors (Lipinski definition) is 0. The molecule has 2 rings (SSSR count). The molecule has 1 aromatic carbocycles. The summed E-state index contributed by atoms with van der Waals surface area (Å²) >= 11 is 0. The quantitative estimate of drug-likeness (QED) is 0.344. The van der Waals surface area contributed by atoms with Gasteiger partial charge in [0.05, 0.1) is 9.52 Å². The Labute approximate surface area is 165 Å². The fraction of sp³-hybridized carbons (Fsp3) is 0.727. The first-order chi connectivity index (χ1) is 13.3. The third-order valence-electron chi connectivity index (χ3n) is 5.72. The lowest BCUT2D eigenvalue weighted by molar-refractivity contribution is 0.236. The van der Waals surface area contributed by atoms with Crippen molar-refractivity contribution < 1.29 is 18.3 Å². The molecule has 0 spiro atoms. The van der Waals surface area contributed by atoms with Crippen molar-refractivity contribution >= 4 is 14.7 Å². The number of rotatable bonds is 13. The molecule has 0 atom stereocenters. The van der Waals surface area contributed by atoms with Gasteiger partial charge >= 0.3 is 0 Å². The van der Waals surface area contributed by atoms with Crippen LogP contribution < -0.4 is 14.7 Å². The van der Waals surface area contributed by atoms with Crippen molar-refractivity contribution in [3.8, 4) is 11.5 Å². The zero-order chi connectivity index (χ0) is 19.3. The van der Waals surface area contributed by atoms with Crippen LogP contribution in [0.15, 0.2) is 18.2 Å². The van der Waals surface area contributed by atoms with Crippen molar-refractivity contribution in [2.45, 2.75) is 64.3 Å². The second-order valence-corrected chi connectivity index (χ2v) is 9.58. The summed E-state index contributed by atoms with van der Waals surface area (Å²) in [6.07, 6.45) is 10.9. The van der Waals surface area contributed by atoms with Crippen LogP contribution in [0.1, 0.15) is 58.3 Å². The molecule has 0 heterocycles. The van der Waals surface area contributed by atoms with Gasteiger partial charge in [-0.25, -0.2) is 8.78 Å². The van der Waals surface area contributed by atoms with Gasteiger partial charge in [-0.15, -0.1) is 0 Å². The molecular weight excluding hydrogens is 362 g/mol. The van der Waals surface area contributed by atoms with E-state index in [-0.39, 0.29) is 13.2 Å². The molecule has 0 N–H and O–H groups in total. The third-order valence-corrected chi connectivity index (χ3v) is 7.92. The van der Waals surface area contributed by atoms with Crippen LogP contribution in [-0.2, 0) is 0 Å². The first-order valence-electron chi connectivity index (χ1n) is 10.8. The largest absolute Gasteiger partial charge is 0.487 e. The van der Waals surface area contributed by atoms with E-state index in [1.165, 1.54) is 62.6 Å². The van der Waals surface area contributed by atoms with Gasteiger partial charge in [0.1, 0.15) is 26.6 Å². The van der Waals surface area contributed by atoms with E-state index in [1.807, 2.05) is 6.07 Å². The molecule has 1 saturated carbocycles. The zero-order valence-corrected chi connectivity index (χ0v) is 18.3. The fourth-order valence-corrected chi connectivity index (χ4v) is 6.28. The lowest BCUT2D eigenvalue weighted by Gasteiger charge is -2.28. The van der Waals surface area contributed by atoms with E-state index < -0.39 is 22.9 Å². The van der Waals surface area contributed by atoms with E-state index in [1.54, 1.807) is 6.07 Å². The van der Waals surface area contributed by atoms with Gasteiger partial charge in [0.25, 0.3) is 0 Å². The summed E-state index contributed by atoms with van der Waals surface area (Å²) in [4.78, 5) is 0. The lowest BCUT2D eigenvalue weighted by Crippen LogP contribution is -2.23. The molecule has 0 radical (unpaired) electrons. The Morgan fingerprint density at radius 2 is 1.67 bits per heavy atom. The molecule has 0 unspecified atom stereocenters. The number of para-hydroxylation sites is 1. The molecule has 1 fully saturated rings. The Kier molecular flexibility index (Phi) is 10.8. The van der Waals surface area contributed by atoms with Gasteiger partial charge in [-0.3, -0.25) is 0 Å². The molecule has 1 aliphatic carbocycles. The zero-order valence-electron chi connectivity index (χ0n) is 16.9. The van der Waals surface area contributed by atoms with Gasteiger partial charge in [0.15, 0.2) is 11.5 Å². The van der Waals surface area contributed by atoms with Crippen LogP contribution in [0.4, 0.5) is 8.78 Å². The van der Waals surface area contributed by atoms with Crippen LogP contribution >= 0.6 is 0 Å². The summed E-state index contributed by atoms with van der Waals surface area (Å²) in [5.74, 6) is 2.98. The van der Waals surface area contributed by atoms with Crippen LogP contribution in [0.25, 0.3) is 0 Å². The molecule has 0 amide bonds. The lowest BCUT2D eigenvalue weighted by atomic mass is 9.80. The third kappa shape index (κ3) is 7.80. The topological polar surface area (TPSA) is 18.5 Å². The maximum absolute atomic E-state index is 12.6. The van der Waals surface area contributed by atoms with Crippen LogP contribution in [0.5, 0.6) is 11.5 Å². The molecule has 0 bridgehead atoms. The number of alkyl halides is 2. The van der Waals surface area contributed by atoms with Gasteiger partial charge in [-0.2, -0.15) is 0 Å². The number of hydrogen-bond acceptors (Lipinski definition) is 2. The fourth-order valence-electron chi connectivity index (χ4n) is 4.18. The highest BCUT2D eigenvalue weighted by molar-refractivity contribution is 6.54. The molecule has 1 aromatic rings. The number of unbranched alkanes of at least 4 members (excludes halogenated alkanes) is 2. The summed E-state index contributed by atoms with van der Waals surface area (Å²) in [6, 6.07) is 7.09. The highest BCUT2D eigenvalue weighted by Gasteiger charge is 2.21. The predicted octanol–water partition coefficient (Wildman–Crippen LogP) is 4.98. The summed E-state index contributed by atoms with van der Waals surface area (Å²) < 4.78 is 36.2. The normalized spacial score (nSPS) is 20.3. The highest BCUT2D eigenvalue weighted by Crippen LogP contribution is 2.34. The van der Waals surface area contributed by atoms with Gasteiger partial charge in [0, 0.05) is 0 Å². The van der Waals surface area contributed by atoms with Crippen LogP contribution in [0, 0.1) is 11.8 Å². The smallest absolute Gasteiger partial charge is 0.161 e. The maximum Gasteiger partial charge on any atom is 0.161 e. The Bertz CT molecular complexity index is 519. The van der Waals surface area contributed by atoms with Crippen molar-refractivity contribution in [1.29, 1.82) is 0 Å². The Morgan fingerprint density at radius 1 is 0.963 bits per heavy atom. The van der Waals surface area contributed by atoms with Crippen LogP contribution in [0.3, 0.4) is 0 Å². The van der Waals surface area contributed by atoms with E-state index in [4.69, 9.17) is 9.47 Å². The Hall–Kier alpha value is -1.10. The molecule has 2 nitrogen and oxygen atoms in total. The average Bonchev–Trinajstić information content (AvgIpc) is 2.70. The monoisotopic (exact) mass is 398 g/mol. The average molecular weight is 399 g/mol.